The van der Waals surface area contributed by atoms with Gasteiger partial charge in [-0.25, -0.2) is 0 Å². The monoisotopic (exact) mass is 214 g/mol. The third-order valence-electron chi connectivity index (χ3n) is 2.59. The Bertz CT molecular complexity index is 193. The fourth-order valence-electron chi connectivity index (χ4n) is 1.40. The Morgan fingerprint density at radius 3 is 2.87 bits per heavy atom. The Morgan fingerprint density at radius 1 is 1.53 bits per heavy atom. The molecule has 1 rings (SSSR count). The Balaban J connectivity index is 1.88. The number of amides is 1. The molecule has 0 aromatic heterocycles. The highest BCUT2D eigenvalue weighted by Crippen LogP contribution is 2.18. The smallest absolute Gasteiger partial charge is 0.221 e. The first-order valence-corrected chi connectivity index (χ1v) is 5.83. The number of nitrogens with one attached hydrogen (secondary N) is 2. The summed E-state index contributed by atoms with van der Waals surface area (Å²) < 4.78 is 0. The molecule has 1 fully saturated rings. The van der Waals surface area contributed by atoms with Crippen LogP contribution in [0.25, 0.3) is 0 Å². The first kappa shape index (κ1) is 12.5. The molecule has 0 aromatic rings. The van der Waals surface area contributed by atoms with Gasteiger partial charge in [-0.05, 0) is 31.7 Å². The van der Waals surface area contributed by atoms with Crippen molar-refractivity contribution >= 4 is 5.91 Å². The molecule has 88 valence electrons. The van der Waals surface area contributed by atoms with E-state index in [0.717, 1.165) is 32.4 Å². The van der Waals surface area contributed by atoms with E-state index in [2.05, 4.69) is 17.6 Å². The van der Waals surface area contributed by atoms with Crippen LogP contribution in [0.5, 0.6) is 0 Å². The molecular formula is C11H22N2O2. The number of aliphatic hydroxyl groups excluding tert-OH is 1. The maximum atomic E-state index is 11.3. The number of aliphatic hydroxyl groups is 1. The molecule has 1 unspecified atom stereocenters. The van der Waals surface area contributed by atoms with E-state index >= 15 is 0 Å². The maximum Gasteiger partial charge on any atom is 0.221 e. The minimum Gasteiger partial charge on any atom is -0.396 e. The van der Waals surface area contributed by atoms with Crippen molar-refractivity contribution in [1.29, 1.82) is 0 Å². The van der Waals surface area contributed by atoms with Gasteiger partial charge in [0.15, 0.2) is 0 Å². The summed E-state index contributed by atoms with van der Waals surface area (Å²) in [6.45, 7) is 3.93. The van der Waals surface area contributed by atoms with E-state index in [1.54, 1.807) is 0 Å². The molecule has 1 aliphatic rings. The zero-order valence-electron chi connectivity index (χ0n) is 9.46. The second-order valence-corrected chi connectivity index (χ2v) is 4.41. The van der Waals surface area contributed by atoms with E-state index in [0.29, 0.717) is 18.4 Å². The van der Waals surface area contributed by atoms with Gasteiger partial charge in [-0.15, -0.1) is 0 Å². The molecule has 1 saturated carbocycles. The number of hydrogen-bond donors (Lipinski definition) is 3. The molecule has 0 saturated heterocycles. The van der Waals surface area contributed by atoms with Crippen LogP contribution in [-0.4, -0.2) is 36.8 Å². The molecular weight excluding hydrogens is 192 g/mol. The summed E-state index contributed by atoms with van der Waals surface area (Å²) >= 11 is 0. The molecule has 4 nitrogen and oxygen atoms in total. The largest absolute Gasteiger partial charge is 0.396 e. The number of rotatable bonds is 8. The van der Waals surface area contributed by atoms with E-state index in [1.807, 2.05) is 0 Å². The summed E-state index contributed by atoms with van der Waals surface area (Å²) in [6.07, 6.45) is 3.67. The predicted octanol–water partition coefficient (Wildman–Crippen LogP) is 0.263. The van der Waals surface area contributed by atoms with Crippen molar-refractivity contribution < 1.29 is 9.90 Å². The lowest BCUT2D eigenvalue weighted by Gasteiger charge is -2.10. The average Bonchev–Trinajstić information content (AvgIpc) is 2.97. The van der Waals surface area contributed by atoms with Crippen LogP contribution in [0.1, 0.15) is 32.6 Å². The van der Waals surface area contributed by atoms with Gasteiger partial charge in [0.25, 0.3) is 0 Å². The van der Waals surface area contributed by atoms with Gasteiger partial charge in [0, 0.05) is 25.6 Å². The Hall–Kier alpha value is -0.610. The quantitative estimate of drug-likeness (QED) is 0.508. The van der Waals surface area contributed by atoms with Crippen LogP contribution in [-0.2, 0) is 4.79 Å². The number of carbonyl (C=O) groups is 1. The number of carbonyl (C=O) groups excluding carboxylic acids is 1. The predicted molar refractivity (Wildman–Crippen MR) is 59.5 cm³/mol. The van der Waals surface area contributed by atoms with Gasteiger partial charge < -0.3 is 15.7 Å². The van der Waals surface area contributed by atoms with Crippen LogP contribution in [0.3, 0.4) is 0 Å². The van der Waals surface area contributed by atoms with Crippen LogP contribution < -0.4 is 10.6 Å². The minimum atomic E-state index is 0.153. The molecule has 0 aromatic carbocycles. The molecule has 15 heavy (non-hydrogen) atoms. The van der Waals surface area contributed by atoms with Crippen molar-refractivity contribution in [2.45, 2.75) is 38.6 Å². The van der Waals surface area contributed by atoms with Crippen molar-refractivity contribution in [3.8, 4) is 0 Å². The standard InChI is InChI=1S/C11H22N2O2/c1-9(5-7-14)8-12-6-4-11(15)13-10-2-3-10/h9-10,12,14H,2-8H2,1H3,(H,13,15). The number of hydrogen-bond acceptors (Lipinski definition) is 3. The molecule has 1 aliphatic carbocycles. The molecule has 4 heteroatoms. The lowest BCUT2D eigenvalue weighted by atomic mass is 10.1. The molecule has 3 N–H and O–H groups in total. The highest BCUT2D eigenvalue weighted by atomic mass is 16.3. The third kappa shape index (κ3) is 6.47. The lowest BCUT2D eigenvalue weighted by Crippen LogP contribution is -2.30. The van der Waals surface area contributed by atoms with Gasteiger partial charge in [0.05, 0.1) is 0 Å². The molecule has 1 amide bonds. The summed E-state index contributed by atoms with van der Waals surface area (Å²) in [7, 11) is 0. The minimum absolute atomic E-state index is 0.153. The zero-order chi connectivity index (χ0) is 11.1. The molecule has 0 spiro atoms. The topological polar surface area (TPSA) is 61.4 Å². The first-order valence-electron chi connectivity index (χ1n) is 5.83. The second kappa shape index (κ2) is 6.80. The fourth-order valence-corrected chi connectivity index (χ4v) is 1.40. The van der Waals surface area contributed by atoms with Gasteiger partial charge >= 0.3 is 0 Å². The van der Waals surface area contributed by atoms with Crippen LogP contribution in [0, 0.1) is 5.92 Å². The maximum absolute atomic E-state index is 11.3. The van der Waals surface area contributed by atoms with Crippen molar-refractivity contribution in [3.05, 3.63) is 0 Å². The van der Waals surface area contributed by atoms with Crippen molar-refractivity contribution in [3.63, 3.8) is 0 Å². The Morgan fingerprint density at radius 2 is 2.27 bits per heavy atom. The summed E-state index contributed by atoms with van der Waals surface area (Å²) in [5.74, 6) is 0.626. The summed E-state index contributed by atoms with van der Waals surface area (Å²) in [5, 5.41) is 14.9. The van der Waals surface area contributed by atoms with Crippen LogP contribution in [0.15, 0.2) is 0 Å². The SMILES string of the molecule is CC(CCO)CNCCC(=O)NC1CC1. The van der Waals surface area contributed by atoms with Gasteiger partial charge in [0.2, 0.25) is 5.91 Å². The van der Waals surface area contributed by atoms with E-state index in [1.165, 1.54) is 0 Å². The first-order chi connectivity index (χ1) is 7.22. The Kier molecular flexibility index (Phi) is 5.65. The summed E-state index contributed by atoms with van der Waals surface area (Å²) in [5.41, 5.74) is 0. The molecule has 0 aliphatic heterocycles. The lowest BCUT2D eigenvalue weighted by molar-refractivity contribution is -0.121. The second-order valence-electron chi connectivity index (χ2n) is 4.41. The van der Waals surface area contributed by atoms with Gasteiger partial charge in [-0.1, -0.05) is 6.92 Å². The third-order valence-corrected chi connectivity index (χ3v) is 2.59. The molecule has 0 heterocycles. The van der Waals surface area contributed by atoms with E-state index in [-0.39, 0.29) is 12.5 Å². The van der Waals surface area contributed by atoms with E-state index < -0.39 is 0 Å². The van der Waals surface area contributed by atoms with Gasteiger partial charge in [-0.2, -0.15) is 0 Å². The molecule has 0 bridgehead atoms. The molecule has 0 radical (unpaired) electrons. The van der Waals surface area contributed by atoms with Crippen LogP contribution in [0.4, 0.5) is 0 Å². The van der Waals surface area contributed by atoms with Gasteiger partial charge in [0.1, 0.15) is 0 Å². The fraction of sp³-hybridized carbons (Fsp3) is 0.909. The van der Waals surface area contributed by atoms with Crippen molar-refractivity contribution in [2.75, 3.05) is 19.7 Å². The van der Waals surface area contributed by atoms with Crippen molar-refractivity contribution in [2.24, 2.45) is 5.92 Å². The highest BCUT2D eigenvalue weighted by Gasteiger charge is 2.22. The summed E-state index contributed by atoms with van der Waals surface area (Å²) in [4.78, 5) is 11.3. The zero-order valence-corrected chi connectivity index (χ0v) is 9.46. The van der Waals surface area contributed by atoms with Crippen LogP contribution in [0.2, 0.25) is 0 Å². The highest BCUT2D eigenvalue weighted by molar-refractivity contribution is 5.76. The van der Waals surface area contributed by atoms with Gasteiger partial charge in [-0.3, -0.25) is 4.79 Å². The summed E-state index contributed by atoms with van der Waals surface area (Å²) in [6, 6.07) is 0.464. The van der Waals surface area contributed by atoms with Crippen molar-refractivity contribution in [1.82, 2.24) is 10.6 Å². The van der Waals surface area contributed by atoms with E-state index in [9.17, 15) is 4.79 Å². The van der Waals surface area contributed by atoms with E-state index in [4.69, 9.17) is 5.11 Å². The Labute approximate surface area is 91.4 Å². The van der Waals surface area contributed by atoms with Crippen LogP contribution >= 0.6 is 0 Å². The molecule has 1 atom stereocenters. The average molecular weight is 214 g/mol. The normalized spacial score (nSPS) is 17.5.